The third-order valence-corrected chi connectivity index (χ3v) is 11.3. The van der Waals surface area contributed by atoms with Crippen LogP contribution in [-0.2, 0) is 36.5 Å². The molecule has 0 radical (unpaired) electrons. The lowest BCUT2D eigenvalue weighted by Crippen LogP contribution is -2.58. The van der Waals surface area contributed by atoms with Gasteiger partial charge < -0.3 is 19.5 Å². The van der Waals surface area contributed by atoms with E-state index in [4.69, 9.17) is 9.72 Å². The Hall–Kier alpha value is -4.88. The van der Waals surface area contributed by atoms with Gasteiger partial charge in [-0.2, -0.15) is 26.3 Å². The number of nitrogens with one attached hydrogen (secondary N) is 1. The lowest BCUT2D eigenvalue weighted by molar-refractivity contribution is -0.143. The molecule has 302 valence electrons. The number of anilines is 1. The van der Waals surface area contributed by atoms with E-state index in [1.807, 2.05) is 73.7 Å². The van der Waals surface area contributed by atoms with Crippen LogP contribution in [0, 0.1) is 0 Å². The number of carbonyl (C=O) groups excluding carboxylic acids is 1. The molecule has 2 aliphatic rings. The van der Waals surface area contributed by atoms with Gasteiger partial charge >= 0.3 is 12.4 Å². The second kappa shape index (κ2) is 17.3. The number of ether oxygens (including phenoxy) is 1. The molecule has 0 saturated carbocycles. The Morgan fingerprint density at radius 2 is 1.39 bits per heavy atom. The summed E-state index contributed by atoms with van der Waals surface area (Å²) in [6, 6.07) is 28.7. The van der Waals surface area contributed by atoms with Gasteiger partial charge in [0.25, 0.3) is 5.91 Å². The largest absolute Gasteiger partial charge is 0.416 e. The van der Waals surface area contributed by atoms with Gasteiger partial charge in [-0.05, 0) is 86.9 Å². The summed E-state index contributed by atoms with van der Waals surface area (Å²) in [6.45, 7) is 4.76. The quantitative estimate of drug-likeness (QED) is 0.101. The standard InChI is InChI=1S/C44H47F6N5O2/c1-2-57-22-21-55-40-16-10-9-15-39(40)52-42(55)51-35-17-19-53(37(28-35)23-30-11-5-3-6-12-30)36-18-20-54(38(29-36)24-31-13-7-4-8-14-31)41(56)32-25-33(43(45,46)47)27-34(26-32)44(48,49)50/h3-16,25-27,35-38H,2,17-24,28-29H2,1H3,(H,51,52)/t35?,36-,37?,38+/m0/s1. The molecule has 3 heterocycles. The second-order valence-corrected chi connectivity index (χ2v) is 15.0. The van der Waals surface area contributed by atoms with E-state index in [0.717, 1.165) is 48.4 Å². The first-order valence-corrected chi connectivity index (χ1v) is 19.6. The van der Waals surface area contributed by atoms with E-state index in [2.05, 4.69) is 33.0 Å². The zero-order valence-corrected chi connectivity index (χ0v) is 31.8. The molecule has 13 heteroatoms. The molecular weight excluding hydrogens is 745 g/mol. The fourth-order valence-electron chi connectivity index (χ4n) is 8.58. The second-order valence-electron chi connectivity index (χ2n) is 15.0. The van der Waals surface area contributed by atoms with E-state index in [-0.39, 0.29) is 30.7 Å². The van der Waals surface area contributed by atoms with Crippen molar-refractivity contribution in [2.75, 3.05) is 31.6 Å². The lowest BCUT2D eigenvalue weighted by atomic mass is 9.85. The summed E-state index contributed by atoms with van der Waals surface area (Å²) >= 11 is 0. The molecule has 2 aliphatic heterocycles. The minimum absolute atomic E-state index is 0.0282. The van der Waals surface area contributed by atoms with E-state index < -0.39 is 41.0 Å². The van der Waals surface area contributed by atoms with Gasteiger partial charge in [0.15, 0.2) is 0 Å². The number of alkyl halides is 6. The number of fused-ring (bicyclic) bond motifs is 1. The van der Waals surface area contributed by atoms with Gasteiger partial charge in [-0.1, -0.05) is 72.8 Å². The molecule has 2 saturated heterocycles. The number of likely N-dealkylation sites (tertiary alicyclic amines) is 2. The van der Waals surface area contributed by atoms with Crippen molar-refractivity contribution in [1.82, 2.24) is 19.4 Å². The molecule has 0 aliphatic carbocycles. The molecule has 0 spiro atoms. The van der Waals surface area contributed by atoms with Gasteiger partial charge in [0.2, 0.25) is 5.95 Å². The number of nitrogens with zero attached hydrogens (tertiary/aromatic N) is 4. The van der Waals surface area contributed by atoms with Crippen LogP contribution in [0.25, 0.3) is 11.0 Å². The third-order valence-electron chi connectivity index (χ3n) is 11.3. The molecule has 4 aromatic carbocycles. The summed E-state index contributed by atoms with van der Waals surface area (Å²) in [5.74, 6) is -0.0345. The number of piperidine rings is 2. The van der Waals surface area contributed by atoms with Crippen LogP contribution in [0.4, 0.5) is 32.3 Å². The number of aromatic nitrogens is 2. The molecule has 0 bridgehead atoms. The zero-order valence-electron chi connectivity index (χ0n) is 31.8. The van der Waals surface area contributed by atoms with Gasteiger partial charge in [-0.15, -0.1) is 0 Å². The lowest BCUT2D eigenvalue weighted by Gasteiger charge is -2.49. The van der Waals surface area contributed by atoms with Crippen molar-refractivity contribution in [3.8, 4) is 0 Å². The average molecular weight is 792 g/mol. The van der Waals surface area contributed by atoms with Crippen molar-refractivity contribution in [3.63, 3.8) is 0 Å². The van der Waals surface area contributed by atoms with Gasteiger partial charge in [0.1, 0.15) is 0 Å². The van der Waals surface area contributed by atoms with E-state index in [1.165, 1.54) is 10.5 Å². The Kier molecular flexibility index (Phi) is 12.2. The predicted octanol–water partition coefficient (Wildman–Crippen LogP) is 9.51. The normalized spacial score (nSPS) is 20.9. The maximum Gasteiger partial charge on any atom is 0.416 e. The molecule has 1 aromatic heterocycles. The highest BCUT2D eigenvalue weighted by atomic mass is 19.4. The number of imidazole rings is 1. The average Bonchev–Trinajstić information content (AvgIpc) is 3.54. The van der Waals surface area contributed by atoms with Crippen LogP contribution in [0.2, 0.25) is 0 Å². The van der Waals surface area contributed by atoms with Crippen LogP contribution >= 0.6 is 0 Å². The Balaban J connectivity index is 1.15. The highest BCUT2D eigenvalue weighted by molar-refractivity contribution is 5.95. The molecule has 57 heavy (non-hydrogen) atoms. The van der Waals surface area contributed by atoms with E-state index >= 15 is 0 Å². The molecule has 2 unspecified atom stereocenters. The topological polar surface area (TPSA) is 62.6 Å². The fourth-order valence-corrected chi connectivity index (χ4v) is 8.58. The summed E-state index contributed by atoms with van der Waals surface area (Å²) < 4.78 is 90.8. The number of benzene rings is 4. The smallest absolute Gasteiger partial charge is 0.380 e. The summed E-state index contributed by atoms with van der Waals surface area (Å²) in [5, 5.41) is 3.77. The number of carbonyl (C=O) groups is 1. The number of halogens is 6. The number of para-hydroxylation sites is 2. The molecule has 7 rings (SSSR count). The zero-order chi connectivity index (χ0) is 40.2. The first kappa shape index (κ1) is 40.3. The van der Waals surface area contributed by atoms with Crippen molar-refractivity contribution < 1.29 is 35.9 Å². The molecular formula is C44H47F6N5O2. The number of hydrogen-bond acceptors (Lipinski definition) is 5. The van der Waals surface area contributed by atoms with Gasteiger partial charge in [0, 0.05) is 56.0 Å². The molecule has 1 N–H and O–H groups in total. The van der Waals surface area contributed by atoms with E-state index in [1.54, 1.807) is 0 Å². The van der Waals surface area contributed by atoms with Crippen LogP contribution in [-0.4, -0.2) is 75.7 Å². The van der Waals surface area contributed by atoms with Crippen LogP contribution in [0.1, 0.15) is 65.2 Å². The monoisotopic (exact) mass is 791 g/mol. The minimum atomic E-state index is -5.06. The number of rotatable bonds is 12. The molecule has 7 nitrogen and oxygen atoms in total. The minimum Gasteiger partial charge on any atom is -0.380 e. The SMILES string of the molecule is CCOCCn1c(NC2CCN([C@H]3CCN(C(=O)c4cc(C(F)(F)F)cc(C(F)(F)F)c4)[C@H](Cc4ccccc4)C3)C(Cc3ccccc3)C2)nc2ccccc21. The van der Waals surface area contributed by atoms with Crippen molar-refractivity contribution in [1.29, 1.82) is 0 Å². The molecule has 2 fully saturated rings. The van der Waals surface area contributed by atoms with Crippen molar-refractivity contribution in [2.45, 2.75) is 88.5 Å². The van der Waals surface area contributed by atoms with Gasteiger partial charge in [-0.3, -0.25) is 9.69 Å². The Morgan fingerprint density at radius 3 is 2.02 bits per heavy atom. The highest BCUT2D eigenvalue weighted by Crippen LogP contribution is 2.38. The number of amides is 1. The Labute approximate surface area is 328 Å². The molecule has 1 amide bonds. The summed E-state index contributed by atoms with van der Waals surface area (Å²) in [7, 11) is 0. The third kappa shape index (κ3) is 9.64. The van der Waals surface area contributed by atoms with Crippen molar-refractivity contribution in [2.24, 2.45) is 0 Å². The van der Waals surface area contributed by atoms with Crippen LogP contribution in [0.15, 0.2) is 103 Å². The van der Waals surface area contributed by atoms with Crippen molar-refractivity contribution >= 4 is 22.9 Å². The molecule has 5 aromatic rings. The number of hydrogen-bond donors (Lipinski definition) is 1. The van der Waals surface area contributed by atoms with Crippen LogP contribution < -0.4 is 5.32 Å². The summed E-state index contributed by atoms with van der Waals surface area (Å²) in [6.07, 6.45) is -6.24. The van der Waals surface area contributed by atoms with E-state index in [9.17, 15) is 31.1 Å². The van der Waals surface area contributed by atoms with Gasteiger partial charge in [-0.25, -0.2) is 4.98 Å². The Bertz CT molecular complexity index is 2070. The van der Waals surface area contributed by atoms with Crippen LogP contribution in [0.5, 0.6) is 0 Å². The summed E-state index contributed by atoms with van der Waals surface area (Å²) in [4.78, 5) is 23.1. The maximum absolute atomic E-state index is 14.1. The molecule has 4 atom stereocenters. The highest BCUT2D eigenvalue weighted by Gasteiger charge is 2.42. The van der Waals surface area contributed by atoms with Crippen molar-refractivity contribution in [3.05, 3.63) is 131 Å². The first-order chi connectivity index (χ1) is 27.4. The van der Waals surface area contributed by atoms with Gasteiger partial charge in [0.05, 0.1) is 28.8 Å². The fraction of sp³-hybridized carbons (Fsp3) is 0.409. The maximum atomic E-state index is 14.1. The van der Waals surface area contributed by atoms with Crippen LogP contribution in [0.3, 0.4) is 0 Å². The first-order valence-electron chi connectivity index (χ1n) is 19.6. The predicted molar refractivity (Wildman–Crippen MR) is 208 cm³/mol. The summed E-state index contributed by atoms with van der Waals surface area (Å²) in [5.41, 5.74) is 0.437. The van der Waals surface area contributed by atoms with E-state index in [0.29, 0.717) is 51.2 Å². The Morgan fingerprint density at radius 1 is 0.772 bits per heavy atom.